The molecule has 14 heteroatoms. The van der Waals surface area contributed by atoms with Gasteiger partial charge in [-0.3, -0.25) is 9.78 Å². The predicted octanol–water partition coefficient (Wildman–Crippen LogP) is 6.39. The molecule has 1 aromatic carbocycles. The van der Waals surface area contributed by atoms with E-state index in [2.05, 4.69) is 30.7 Å². The van der Waals surface area contributed by atoms with Crippen LogP contribution in [0.15, 0.2) is 65.5 Å². The number of piperidine rings is 1. The topological polar surface area (TPSA) is 176 Å². The number of allylic oxidation sites excluding steroid dienone is 3. The van der Waals surface area contributed by atoms with Crippen LogP contribution in [0.3, 0.4) is 0 Å². The second-order valence-electron chi connectivity index (χ2n) is 19.6. The summed E-state index contributed by atoms with van der Waals surface area (Å²) in [5, 5.41) is 51.0. The average Bonchev–Trinajstić information content (AvgIpc) is 3.26. The van der Waals surface area contributed by atoms with E-state index in [-0.39, 0.29) is 24.9 Å². The van der Waals surface area contributed by atoms with Crippen molar-refractivity contribution in [2.24, 2.45) is 40.7 Å². The zero-order valence-electron chi connectivity index (χ0n) is 40.5. The normalized spacial score (nSPS) is 35.7. The van der Waals surface area contributed by atoms with E-state index in [4.69, 9.17) is 28.9 Å². The fourth-order valence-corrected chi connectivity index (χ4v) is 10.0. The van der Waals surface area contributed by atoms with Crippen molar-refractivity contribution in [1.82, 2.24) is 14.8 Å². The highest BCUT2D eigenvalue weighted by atomic mass is 16.7. The van der Waals surface area contributed by atoms with Gasteiger partial charge in [-0.1, -0.05) is 63.6 Å². The first-order valence-electron chi connectivity index (χ1n) is 24.2. The number of carbonyl (C=O) groups is 1. The summed E-state index contributed by atoms with van der Waals surface area (Å²) in [4.78, 5) is 28.3. The SMILES string of the molecule is CC[C@H]1OC(=O)C[C@@H](O)C(C)[C@@H](O[C@H]2O[C@@H](C)[C@H](O)[C@@H](N(C)C)[C@@H]2O)[C@@H](CCN2CC(C)CC(C)C2)C[C@@H](C)C(=N\OCCCCOc2ccc3ncccc3c2)/C=C/C(C)=C/C1CO. The van der Waals surface area contributed by atoms with Crippen LogP contribution in [0.4, 0.5) is 0 Å². The van der Waals surface area contributed by atoms with Crippen molar-refractivity contribution in [3.8, 4) is 5.75 Å². The second kappa shape index (κ2) is 25.6. The van der Waals surface area contributed by atoms with E-state index in [1.165, 1.54) is 6.42 Å². The number of carbonyl (C=O) groups excluding carboxylic acids is 1. The van der Waals surface area contributed by atoms with Crippen molar-refractivity contribution >= 4 is 22.6 Å². The van der Waals surface area contributed by atoms with Gasteiger partial charge in [-0.25, -0.2) is 0 Å². The molecule has 14 atom stereocenters. The minimum absolute atomic E-state index is 0.160. The van der Waals surface area contributed by atoms with E-state index in [1.807, 2.05) is 69.3 Å². The lowest BCUT2D eigenvalue weighted by Gasteiger charge is -2.47. The molecule has 0 amide bonds. The molecule has 2 saturated heterocycles. The third-order valence-corrected chi connectivity index (χ3v) is 13.6. The van der Waals surface area contributed by atoms with Gasteiger partial charge in [0.1, 0.15) is 24.6 Å². The largest absolute Gasteiger partial charge is 0.494 e. The summed E-state index contributed by atoms with van der Waals surface area (Å²) in [5.41, 5.74) is 2.51. The number of aliphatic hydroxyl groups excluding tert-OH is 4. The molecule has 0 spiro atoms. The lowest BCUT2D eigenvalue weighted by molar-refractivity contribution is -0.304. The number of nitrogens with zero attached hydrogens (tertiary/aromatic N) is 4. The molecule has 1 aromatic heterocycles. The molecule has 4 heterocycles. The number of hydrogen-bond acceptors (Lipinski definition) is 14. The number of ether oxygens (including phenoxy) is 4. The van der Waals surface area contributed by atoms with Gasteiger partial charge in [0.15, 0.2) is 6.29 Å². The van der Waals surface area contributed by atoms with E-state index < -0.39 is 66.8 Å². The van der Waals surface area contributed by atoms with Gasteiger partial charge in [0.25, 0.3) is 0 Å². The van der Waals surface area contributed by atoms with E-state index in [1.54, 1.807) is 32.1 Å². The maximum atomic E-state index is 13.6. The number of cyclic esters (lactones) is 1. The van der Waals surface area contributed by atoms with Gasteiger partial charge in [-0.15, -0.1) is 0 Å². The molecule has 0 radical (unpaired) electrons. The first kappa shape index (κ1) is 52.5. The number of likely N-dealkylation sites (tertiary alicyclic amines) is 1. The van der Waals surface area contributed by atoms with Crippen LogP contribution in [-0.2, 0) is 23.8 Å². The highest BCUT2D eigenvalue weighted by molar-refractivity contribution is 5.96. The van der Waals surface area contributed by atoms with Gasteiger partial charge in [0.05, 0.1) is 61.3 Å². The van der Waals surface area contributed by atoms with Crippen LogP contribution in [-0.4, -0.2) is 149 Å². The van der Waals surface area contributed by atoms with E-state index in [0.717, 1.165) is 60.4 Å². The van der Waals surface area contributed by atoms with Crippen molar-refractivity contribution < 1.29 is 49.0 Å². The Bertz CT molecular complexity index is 1850. The number of rotatable bonds is 15. The number of esters is 1. The standard InChI is InChI=1S/C51H80N4O10/c1-10-45-40(31-56)25-32(2)15-17-42(53-62-23-12-11-22-61-41-16-18-43-38(27-41)14-13-20-52-43)35(5)26-39(19-21-55-29-33(3)24-34(4)30-55)50(36(6)44(57)28-46(58)64-45)65-51-49(60)47(54(8)9)48(59)37(7)63-51/h13-18,20,25,27,33-37,39-40,44-45,47-51,56-57,59-60H,10-12,19,21-24,26,28-31H2,1-9H3/b17-15+,32-25+,53-42-/t33?,34?,35-,36?,37+,39+,40?,44-,45-,47-,48+,49+,50-,51-/m1/s1. The number of likely N-dealkylation sites (N-methyl/N-ethyl adjacent to an activating group) is 1. The molecule has 0 saturated carbocycles. The smallest absolute Gasteiger partial charge is 0.308 e. The van der Waals surface area contributed by atoms with Crippen molar-refractivity contribution in [2.45, 2.75) is 142 Å². The first-order valence-corrected chi connectivity index (χ1v) is 24.2. The molecule has 5 rings (SSSR count). The Morgan fingerprint density at radius 2 is 1.71 bits per heavy atom. The zero-order chi connectivity index (χ0) is 47.2. The first-order chi connectivity index (χ1) is 31.1. The minimum atomic E-state index is -1.20. The summed E-state index contributed by atoms with van der Waals surface area (Å²) < 4.78 is 25.2. The van der Waals surface area contributed by atoms with Crippen LogP contribution in [0.5, 0.6) is 5.75 Å². The fraction of sp³-hybridized carbons (Fsp3) is 0.706. The van der Waals surface area contributed by atoms with E-state index >= 15 is 0 Å². The van der Waals surface area contributed by atoms with Crippen LogP contribution >= 0.6 is 0 Å². The Balaban J connectivity index is 1.44. The Labute approximate surface area is 388 Å². The molecule has 4 unspecified atom stereocenters. The van der Waals surface area contributed by atoms with Crippen molar-refractivity contribution in [3.05, 3.63) is 60.3 Å². The zero-order valence-corrected chi connectivity index (χ0v) is 40.5. The number of unbranched alkanes of at least 4 members (excludes halogenated alkanes) is 1. The highest BCUT2D eigenvalue weighted by Crippen LogP contribution is 2.36. The molecule has 0 aliphatic carbocycles. The van der Waals surface area contributed by atoms with Gasteiger partial charge in [-0.2, -0.15) is 0 Å². The van der Waals surface area contributed by atoms with Gasteiger partial charge >= 0.3 is 5.97 Å². The minimum Gasteiger partial charge on any atom is -0.494 e. The van der Waals surface area contributed by atoms with Crippen molar-refractivity contribution in [1.29, 1.82) is 0 Å². The lowest BCUT2D eigenvalue weighted by Crippen LogP contribution is -2.63. The molecule has 3 aliphatic rings. The molecule has 65 heavy (non-hydrogen) atoms. The number of pyridine rings is 1. The van der Waals surface area contributed by atoms with Crippen LogP contribution in [0.25, 0.3) is 10.9 Å². The van der Waals surface area contributed by atoms with Crippen LogP contribution < -0.4 is 4.74 Å². The predicted molar refractivity (Wildman–Crippen MR) is 253 cm³/mol. The highest BCUT2D eigenvalue weighted by Gasteiger charge is 2.47. The Hall–Kier alpha value is -3.47. The molecule has 364 valence electrons. The number of fused-ring (bicyclic) bond motifs is 1. The average molecular weight is 909 g/mol. The number of benzene rings is 1. The molecule has 0 bridgehead atoms. The quantitative estimate of drug-likeness (QED) is 0.0880. The summed E-state index contributed by atoms with van der Waals surface area (Å²) in [6.45, 7) is 17.7. The summed E-state index contributed by atoms with van der Waals surface area (Å²) in [7, 11) is 3.61. The Morgan fingerprint density at radius 1 is 0.969 bits per heavy atom. The molecule has 4 N–H and O–H groups in total. The van der Waals surface area contributed by atoms with Gasteiger partial charge in [0, 0.05) is 42.4 Å². The van der Waals surface area contributed by atoms with Gasteiger partial charge in [-0.05, 0) is 121 Å². The number of aromatic nitrogens is 1. The fourth-order valence-electron chi connectivity index (χ4n) is 10.0. The maximum absolute atomic E-state index is 13.6. The molecule has 2 fully saturated rings. The summed E-state index contributed by atoms with van der Waals surface area (Å²) in [6.07, 6.45) is 5.36. The number of oxime groups is 1. The molecule has 2 aromatic rings. The van der Waals surface area contributed by atoms with Crippen LogP contribution in [0.2, 0.25) is 0 Å². The third-order valence-electron chi connectivity index (χ3n) is 13.6. The summed E-state index contributed by atoms with van der Waals surface area (Å²) in [6, 6.07) is 9.16. The summed E-state index contributed by atoms with van der Waals surface area (Å²) >= 11 is 0. The summed E-state index contributed by atoms with van der Waals surface area (Å²) in [5.74, 6) is -0.0880. The van der Waals surface area contributed by atoms with E-state index in [0.29, 0.717) is 44.3 Å². The monoisotopic (exact) mass is 909 g/mol. The number of aliphatic hydroxyl groups is 4. The van der Waals surface area contributed by atoms with Crippen LogP contribution in [0, 0.1) is 35.5 Å². The molecule has 14 nitrogen and oxygen atoms in total. The Kier molecular flexibility index (Phi) is 20.7. The lowest BCUT2D eigenvalue weighted by atomic mass is 9.79. The Morgan fingerprint density at radius 3 is 2.42 bits per heavy atom. The molecular weight excluding hydrogens is 829 g/mol. The number of hydrogen-bond donors (Lipinski definition) is 4. The van der Waals surface area contributed by atoms with Crippen molar-refractivity contribution in [2.75, 3.05) is 53.6 Å². The third kappa shape index (κ3) is 15.3. The van der Waals surface area contributed by atoms with E-state index in [9.17, 15) is 25.2 Å². The van der Waals surface area contributed by atoms with Gasteiger partial charge < -0.3 is 54.0 Å². The molecule has 3 aliphatic heterocycles. The van der Waals surface area contributed by atoms with Crippen molar-refractivity contribution in [3.63, 3.8) is 0 Å². The second-order valence-corrected chi connectivity index (χ2v) is 19.6. The van der Waals surface area contributed by atoms with Gasteiger partial charge in [0.2, 0.25) is 0 Å². The van der Waals surface area contributed by atoms with Crippen LogP contribution in [0.1, 0.15) is 93.4 Å². The molecular formula is C51H80N4O10. The maximum Gasteiger partial charge on any atom is 0.308 e.